The quantitative estimate of drug-likeness (QED) is 0.325. The summed E-state index contributed by atoms with van der Waals surface area (Å²) in [6.07, 6.45) is 0.892. The molecule has 2 aliphatic heterocycles. The average molecular weight is 453 g/mol. The Kier molecular flexibility index (Phi) is 7.70. The Morgan fingerprint density at radius 1 is 1.18 bits per heavy atom. The fraction of sp³-hybridized carbons (Fsp3) is 0.400. The van der Waals surface area contributed by atoms with Crippen molar-refractivity contribution in [2.45, 2.75) is 38.6 Å². The molecule has 0 bridgehead atoms. The molecule has 33 heavy (non-hydrogen) atoms. The second-order valence-electron chi connectivity index (χ2n) is 7.91. The van der Waals surface area contributed by atoms with Gasteiger partial charge in [-0.05, 0) is 29.6 Å². The second-order valence-corrected chi connectivity index (χ2v) is 7.91. The second kappa shape index (κ2) is 11.1. The zero-order chi connectivity index (χ0) is 23.0. The lowest BCUT2D eigenvalue weighted by atomic mass is 9.99. The number of carbonyl (C=O) groups excluding carboxylic acids is 1. The molecule has 2 heterocycles. The normalized spacial score (nSPS) is 20.5. The fourth-order valence-corrected chi connectivity index (χ4v) is 3.74. The van der Waals surface area contributed by atoms with Gasteiger partial charge in [-0.2, -0.15) is 0 Å². The SMILES string of the molecule is CON=C(Cc1cc(C2OCC(CCC(=O)c3ccccc3)O2)ccc1C)C1=NOCCO1. The van der Waals surface area contributed by atoms with Gasteiger partial charge in [-0.1, -0.05) is 53.7 Å². The van der Waals surface area contributed by atoms with E-state index in [0.29, 0.717) is 50.7 Å². The lowest BCUT2D eigenvalue weighted by Gasteiger charge is -2.17. The summed E-state index contributed by atoms with van der Waals surface area (Å²) < 4.78 is 17.6. The van der Waals surface area contributed by atoms with Crippen LogP contribution in [0, 0.1) is 6.92 Å². The topological polar surface area (TPSA) is 87.9 Å². The smallest absolute Gasteiger partial charge is 0.276 e. The Morgan fingerprint density at radius 2 is 2.03 bits per heavy atom. The van der Waals surface area contributed by atoms with E-state index in [0.717, 1.165) is 22.3 Å². The van der Waals surface area contributed by atoms with E-state index >= 15 is 0 Å². The van der Waals surface area contributed by atoms with Gasteiger partial charge < -0.3 is 23.9 Å². The molecular weight excluding hydrogens is 424 g/mol. The molecular formula is C25H28N2O6. The fourth-order valence-electron chi connectivity index (χ4n) is 3.74. The molecule has 2 aromatic rings. The summed E-state index contributed by atoms with van der Waals surface area (Å²) in [5, 5.41) is 8.02. The number of nitrogens with zero attached hydrogens (tertiary/aromatic N) is 2. The number of hydrogen-bond donors (Lipinski definition) is 0. The van der Waals surface area contributed by atoms with E-state index in [4.69, 9.17) is 23.9 Å². The third kappa shape index (κ3) is 5.97. The molecule has 2 aliphatic rings. The van der Waals surface area contributed by atoms with Crippen molar-refractivity contribution in [3.8, 4) is 0 Å². The monoisotopic (exact) mass is 452 g/mol. The molecule has 0 aliphatic carbocycles. The van der Waals surface area contributed by atoms with Crippen LogP contribution in [0.3, 0.4) is 0 Å². The Hall–Kier alpha value is -3.23. The maximum atomic E-state index is 12.4. The minimum atomic E-state index is -0.476. The highest BCUT2D eigenvalue weighted by atomic mass is 16.7. The number of carbonyl (C=O) groups is 1. The number of rotatable bonds is 9. The standard InChI is InChI=1S/C25H28N2O6/c1-17-8-9-19(14-20(17)15-22(26-29-2)24-27-32-13-12-30-24)25-31-16-21(33-25)10-11-23(28)18-6-4-3-5-7-18/h3-9,14,21,25H,10-13,15-16H2,1-2H3. The first-order valence-corrected chi connectivity index (χ1v) is 11.0. The largest absolute Gasteiger partial charge is 0.470 e. The summed E-state index contributed by atoms with van der Waals surface area (Å²) in [4.78, 5) is 22.5. The third-order valence-electron chi connectivity index (χ3n) is 5.55. The third-order valence-corrected chi connectivity index (χ3v) is 5.55. The summed E-state index contributed by atoms with van der Waals surface area (Å²) in [7, 11) is 1.48. The number of ether oxygens (including phenoxy) is 3. The Labute approximate surface area is 193 Å². The molecule has 0 aromatic heterocycles. The molecule has 8 nitrogen and oxygen atoms in total. The van der Waals surface area contributed by atoms with Crippen molar-refractivity contribution in [3.63, 3.8) is 0 Å². The van der Waals surface area contributed by atoms with Crippen LogP contribution < -0.4 is 0 Å². The number of ketones is 1. The number of hydrogen-bond acceptors (Lipinski definition) is 8. The van der Waals surface area contributed by atoms with E-state index in [2.05, 4.69) is 10.3 Å². The molecule has 0 N–H and O–H groups in total. The number of Topliss-reactive ketones (excluding diaryl/α,β-unsaturated/α-hetero) is 1. The van der Waals surface area contributed by atoms with Crippen LogP contribution in [0.2, 0.25) is 0 Å². The maximum Gasteiger partial charge on any atom is 0.276 e. The van der Waals surface area contributed by atoms with Gasteiger partial charge in [0.1, 0.15) is 19.4 Å². The molecule has 0 spiro atoms. The van der Waals surface area contributed by atoms with Crippen molar-refractivity contribution in [2.75, 3.05) is 26.9 Å². The van der Waals surface area contributed by atoms with Crippen molar-refractivity contribution < 1.29 is 28.7 Å². The van der Waals surface area contributed by atoms with Crippen LogP contribution in [0.25, 0.3) is 0 Å². The van der Waals surface area contributed by atoms with Gasteiger partial charge in [-0.25, -0.2) is 0 Å². The lowest BCUT2D eigenvalue weighted by Crippen LogP contribution is -2.26. The zero-order valence-electron chi connectivity index (χ0n) is 18.9. The first-order chi connectivity index (χ1) is 16.1. The Bertz CT molecular complexity index is 1020. The molecule has 2 unspecified atom stereocenters. The van der Waals surface area contributed by atoms with Crippen LogP contribution in [0.15, 0.2) is 58.8 Å². The first kappa shape index (κ1) is 22.9. The highest BCUT2D eigenvalue weighted by Crippen LogP contribution is 2.30. The number of benzene rings is 2. The average Bonchev–Trinajstić information content (AvgIpc) is 3.33. The van der Waals surface area contributed by atoms with Gasteiger partial charge in [-0.3, -0.25) is 4.79 Å². The predicted molar refractivity (Wildman–Crippen MR) is 122 cm³/mol. The van der Waals surface area contributed by atoms with Crippen LogP contribution >= 0.6 is 0 Å². The van der Waals surface area contributed by atoms with Crippen molar-refractivity contribution >= 4 is 17.4 Å². The van der Waals surface area contributed by atoms with Gasteiger partial charge in [0, 0.05) is 24.0 Å². The molecule has 1 fully saturated rings. The van der Waals surface area contributed by atoms with Crippen molar-refractivity contribution in [1.82, 2.24) is 0 Å². The molecule has 8 heteroatoms. The lowest BCUT2D eigenvalue weighted by molar-refractivity contribution is -0.0611. The molecule has 2 aromatic carbocycles. The summed E-state index contributed by atoms with van der Waals surface area (Å²) in [5.74, 6) is 0.437. The summed E-state index contributed by atoms with van der Waals surface area (Å²) in [5.41, 5.74) is 4.29. The van der Waals surface area contributed by atoms with E-state index in [1.807, 2.05) is 55.5 Å². The minimum absolute atomic E-state index is 0.113. The van der Waals surface area contributed by atoms with Crippen molar-refractivity contribution in [2.24, 2.45) is 10.3 Å². The highest BCUT2D eigenvalue weighted by molar-refractivity contribution is 6.39. The van der Waals surface area contributed by atoms with E-state index in [1.54, 1.807) is 0 Å². The maximum absolute atomic E-state index is 12.4. The van der Waals surface area contributed by atoms with Gasteiger partial charge in [0.15, 0.2) is 18.7 Å². The molecule has 174 valence electrons. The van der Waals surface area contributed by atoms with E-state index in [9.17, 15) is 4.79 Å². The molecule has 2 atom stereocenters. The van der Waals surface area contributed by atoms with E-state index < -0.39 is 6.29 Å². The number of oxime groups is 2. The van der Waals surface area contributed by atoms with Crippen LogP contribution in [-0.2, 0) is 30.3 Å². The predicted octanol–water partition coefficient (Wildman–Crippen LogP) is 3.98. The van der Waals surface area contributed by atoms with E-state index in [1.165, 1.54) is 7.11 Å². The van der Waals surface area contributed by atoms with Gasteiger partial charge in [-0.15, -0.1) is 0 Å². The Balaban J connectivity index is 1.38. The number of aryl methyl sites for hydroxylation is 1. The van der Waals surface area contributed by atoms with Crippen molar-refractivity contribution in [1.29, 1.82) is 0 Å². The van der Waals surface area contributed by atoms with Gasteiger partial charge in [0.05, 0.1) is 12.7 Å². The van der Waals surface area contributed by atoms with Crippen LogP contribution in [0.4, 0.5) is 0 Å². The molecule has 0 amide bonds. The minimum Gasteiger partial charge on any atom is -0.470 e. The molecule has 0 radical (unpaired) electrons. The van der Waals surface area contributed by atoms with E-state index in [-0.39, 0.29) is 11.9 Å². The molecule has 0 saturated carbocycles. The van der Waals surface area contributed by atoms with Gasteiger partial charge in [0.25, 0.3) is 5.90 Å². The van der Waals surface area contributed by atoms with Crippen LogP contribution in [-0.4, -0.2) is 50.4 Å². The molecule has 1 saturated heterocycles. The van der Waals surface area contributed by atoms with Gasteiger partial charge in [0.2, 0.25) is 0 Å². The van der Waals surface area contributed by atoms with Crippen molar-refractivity contribution in [3.05, 3.63) is 70.8 Å². The highest BCUT2D eigenvalue weighted by Gasteiger charge is 2.28. The van der Waals surface area contributed by atoms with Crippen LogP contribution in [0.1, 0.15) is 46.2 Å². The summed E-state index contributed by atoms with van der Waals surface area (Å²) >= 11 is 0. The van der Waals surface area contributed by atoms with Crippen LogP contribution in [0.5, 0.6) is 0 Å². The first-order valence-electron chi connectivity index (χ1n) is 11.0. The van der Waals surface area contributed by atoms with Gasteiger partial charge >= 0.3 is 0 Å². The zero-order valence-corrected chi connectivity index (χ0v) is 18.9. The summed E-state index contributed by atoms with van der Waals surface area (Å²) in [6, 6.07) is 15.4. The Morgan fingerprint density at radius 3 is 2.79 bits per heavy atom. The summed E-state index contributed by atoms with van der Waals surface area (Å²) in [6.45, 7) is 3.30. The molecule has 4 rings (SSSR count).